The summed E-state index contributed by atoms with van der Waals surface area (Å²) >= 11 is 0. The van der Waals surface area contributed by atoms with Gasteiger partial charge in [-0.05, 0) is 44.0 Å². The predicted octanol–water partition coefficient (Wildman–Crippen LogP) is 2.64. The van der Waals surface area contributed by atoms with Crippen LogP contribution in [0.3, 0.4) is 0 Å². The van der Waals surface area contributed by atoms with E-state index < -0.39 is 0 Å². The number of hydrogen-bond donors (Lipinski definition) is 1. The molecule has 0 aliphatic heterocycles. The Balaban J connectivity index is 2.46. The standard InChI is InChI=1S/C14H23NO2/c1-4-15-10-6-5-7-12-8-9-13(16-2)11-14(12)17-3/h8-9,11,15H,4-7,10H2,1-3H3. The van der Waals surface area contributed by atoms with Gasteiger partial charge in [0.25, 0.3) is 0 Å². The lowest BCUT2D eigenvalue weighted by Gasteiger charge is -2.10. The first kappa shape index (κ1) is 13.8. The number of rotatable bonds is 8. The maximum absolute atomic E-state index is 5.37. The van der Waals surface area contributed by atoms with Crippen LogP contribution in [0.25, 0.3) is 0 Å². The molecular formula is C14H23NO2. The van der Waals surface area contributed by atoms with Gasteiger partial charge in [-0.1, -0.05) is 13.0 Å². The summed E-state index contributed by atoms with van der Waals surface area (Å²) in [6.07, 6.45) is 3.43. The maximum atomic E-state index is 5.37. The molecule has 1 aromatic carbocycles. The Kier molecular flexibility index (Phi) is 6.48. The molecule has 0 bridgehead atoms. The van der Waals surface area contributed by atoms with Crippen molar-refractivity contribution in [2.24, 2.45) is 0 Å². The van der Waals surface area contributed by atoms with Crippen molar-refractivity contribution in [2.75, 3.05) is 27.3 Å². The molecule has 0 amide bonds. The number of hydrogen-bond acceptors (Lipinski definition) is 3. The summed E-state index contributed by atoms with van der Waals surface area (Å²) in [7, 11) is 3.38. The maximum Gasteiger partial charge on any atom is 0.125 e. The van der Waals surface area contributed by atoms with Gasteiger partial charge in [-0.15, -0.1) is 0 Å². The van der Waals surface area contributed by atoms with Crippen LogP contribution in [0.15, 0.2) is 18.2 Å². The molecule has 96 valence electrons. The summed E-state index contributed by atoms with van der Waals surface area (Å²) in [5.74, 6) is 1.77. The average Bonchev–Trinajstić information content (AvgIpc) is 2.38. The molecule has 0 heterocycles. The Bertz CT molecular complexity index is 326. The van der Waals surface area contributed by atoms with E-state index in [4.69, 9.17) is 9.47 Å². The molecule has 0 spiro atoms. The Morgan fingerprint density at radius 3 is 2.59 bits per heavy atom. The zero-order chi connectivity index (χ0) is 12.5. The highest BCUT2D eigenvalue weighted by Gasteiger charge is 2.04. The first-order chi connectivity index (χ1) is 8.31. The van der Waals surface area contributed by atoms with Crippen molar-refractivity contribution in [3.8, 4) is 11.5 Å². The summed E-state index contributed by atoms with van der Waals surface area (Å²) in [6.45, 7) is 4.27. The molecule has 1 N–H and O–H groups in total. The largest absolute Gasteiger partial charge is 0.497 e. The van der Waals surface area contributed by atoms with E-state index in [1.54, 1.807) is 14.2 Å². The summed E-state index contributed by atoms with van der Waals surface area (Å²) in [5, 5.41) is 3.33. The normalized spacial score (nSPS) is 10.3. The zero-order valence-corrected chi connectivity index (χ0v) is 11.1. The highest BCUT2D eigenvalue weighted by Crippen LogP contribution is 2.25. The third-order valence-electron chi connectivity index (χ3n) is 2.79. The zero-order valence-electron chi connectivity index (χ0n) is 11.1. The van der Waals surface area contributed by atoms with E-state index in [1.165, 1.54) is 18.4 Å². The Labute approximate surface area is 104 Å². The van der Waals surface area contributed by atoms with Gasteiger partial charge in [0.15, 0.2) is 0 Å². The first-order valence-electron chi connectivity index (χ1n) is 6.23. The Hall–Kier alpha value is -1.22. The lowest BCUT2D eigenvalue weighted by molar-refractivity contribution is 0.390. The van der Waals surface area contributed by atoms with Crippen molar-refractivity contribution >= 4 is 0 Å². The first-order valence-corrected chi connectivity index (χ1v) is 6.23. The van der Waals surface area contributed by atoms with Gasteiger partial charge in [-0.25, -0.2) is 0 Å². The second-order valence-corrected chi connectivity index (χ2v) is 3.99. The molecule has 0 saturated heterocycles. The van der Waals surface area contributed by atoms with E-state index in [-0.39, 0.29) is 0 Å². The molecule has 0 aliphatic carbocycles. The van der Waals surface area contributed by atoms with E-state index in [1.807, 2.05) is 12.1 Å². The van der Waals surface area contributed by atoms with Crippen LogP contribution in [0.5, 0.6) is 11.5 Å². The minimum absolute atomic E-state index is 0.846. The fraction of sp³-hybridized carbons (Fsp3) is 0.571. The van der Waals surface area contributed by atoms with E-state index in [0.29, 0.717) is 0 Å². The molecule has 0 atom stereocenters. The van der Waals surface area contributed by atoms with Gasteiger partial charge in [0.2, 0.25) is 0 Å². The van der Waals surface area contributed by atoms with E-state index in [9.17, 15) is 0 Å². The molecule has 3 nitrogen and oxygen atoms in total. The average molecular weight is 237 g/mol. The molecule has 0 aliphatic rings. The Morgan fingerprint density at radius 1 is 1.12 bits per heavy atom. The molecule has 3 heteroatoms. The quantitative estimate of drug-likeness (QED) is 0.705. The van der Waals surface area contributed by atoms with Gasteiger partial charge in [-0.3, -0.25) is 0 Å². The van der Waals surface area contributed by atoms with E-state index in [0.717, 1.165) is 31.0 Å². The number of nitrogens with one attached hydrogen (secondary N) is 1. The third kappa shape index (κ3) is 4.65. The van der Waals surface area contributed by atoms with Crippen molar-refractivity contribution < 1.29 is 9.47 Å². The van der Waals surface area contributed by atoms with Gasteiger partial charge in [-0.2, -0.15) is 0 Å². The molecule has 0 radical (unpaired) electrons. The molecule has 1 rings (SSSR count). The summed E-state index contributed by atoms with van der Waals surface area (Å²) in [4.78, 5) is 0. The minimum atomic E-state index is 0.846. The van der Waals surface area contributed by atoms with E-state index in [2.05, 4.69) is 18.3 Å². The van der Waals surface area contributed by atoms with Crippen molar-refractivity contribution in [2.45, 2.75) is 26.2 Å². The number of methoxy groups -OCH3 is 2. The van der Waals surface area contributed by atoms with Gasteiger partial charge >= 0.3 is 0 Å². The van der Waals surface area contributed by atoms with Crippen LogP contribution in [-0.4, -0.2) is 27.3 Å². The number of aryl methyl sites for hydroxylation is 1. The van der Waals surface area contributed by atoms with Gasteiger partial charge in [0, 0.05) is 6.07 Å². The monoisotopic (exact) mass is 237 g/mol. The summed E-state index contributed by atoms with van der Waals surface area (Å²) in [6, 6.07) is 6.02. The van der Waals surface area contributed by atoms with Crippen LogP contribution in [-0.2, 0) is 6.42 Å². The molecule has 0 unspecified atom stereocenters. The number of ether oxygens (including phenoxy) is 2. The van der Waals surface area contributed by atoms with Crippen molar-refractivity contribution in [1.82, 2.24) is 5.32 Å². The van der Waals surface area contributed by atoms with Gasteiger partial charge in [0.1, 0.15) is 11.5 Å². The van der Waals surface area contributed by atoms with E-state index >= 15 is 0 Å². The van der Waals surface area contributed by atoms with Gasteiger partial charge in [0.05, 0.1) is 14.2 Å². The molecule has 0 fully saturated rings. The van der Waals surface area contributed by atoms with Crippen LogP contribution >= 0.6 is 0 Å². The highest BCUT2D eigenvalue weighted by molar-refractivity contribution is 5.40. The van der Waals surface area contributed by atoms with Crippen LogP contribution in [0.4, 0.5) is 0 Å². The van der Waals surface area contributed by atoms with Crippen LogP contribution in [0.1, 0.15) is 25.3 Å². The van der Waals surface area contributed by atoms with Crippen LogP contribution in [0.2, 0.25) is 0 Å². The number of benzene rings is 1. The third-order valence-corrected chi connectivity index (χ3v) is 2.79. The molecular weight excluding hydrogens is 214 g/mol. The fourth-order valence-corrected chi connectivity index (χ4v) is 1.80. The van der Waals surface area contributed by atoms with Crippen molar-refractivity contribution in [3.63, 3.8) is 0 Å². The molecule has 1 aromatic rings. The minimum Gasteiger partial charge on any atom is -0.497 e. The summed E-state index contributed by atoms with van der Waals surface area (Å²) < 4.78 is 10.5. The highest BCUT2D eigenvalue weighted by atomic mass is 16.5. The fourth-order valence-electron chi connectivity index (χ4n) is 1.80. The molecule has 17 heavy (non-hydrogen) atoms. The topological polar surface area (TPSA) is 30.5 Å². The number of unbranched alkanes of at least 4 members (excludes halogenated alkanes) is 1. The summed E-state index contributed by atoms with van der Waals surface area (Å²) in [5.41, 5.74) is 1.25. The van der Waals surface area contributed by atoms with Gasteiger partial charge < -0.3 is 14.8 Å². The lowest BCUT2D eigenvalue weighted by Crippen LogP contribution is -2.13. The van der Waals surface area contributed by atoms with Crippen molar-refractivity contribution in [3.05, 3.63) is 23.8 Å². The second kappa shape index (κ2) is 7.96. The van der Waals surface area contributed by atoms with Crippen molar-refractivity contribution in [1.29, 1.82) is 0 Å². The SMILES string of the molecule is CCNCCCCc1ccc(OC)cc1OC. The van der Waals surface area contributed by atoms with Crippen LogP contribution in [0, 0.1) is 0 Å². The van der Waals surface area contributed by atoms with Crippen LogP contribution < -0.4 is 14.8 Å². The predicted molar refractivity (Wildman–Crippen MR) is 71.0 cm³/mol. The second-order valence-electron chi connectivity index (χ2n) is 3.99. The molecule has 0 aromatic heterocycles. The smallest absolute Gasteiger partial charge is 0.125 e. The molecule has 0 saturated carbocycles. The Morgan fingerprint density at radius 2 is 1.94 bits per heavy atom. The lowest BCUT2D eigenvalue weighted by atomic mass is 10.1.